The predicted molar refractivity (Wildman–Crippen MR) is 131 cm³/mol. The number of fused-ring (bicyclic) bond motifs is 1. The average molecular weight is 470 g/mol. The number of hydrogen-bond acceptors (Lipinski definition) is 6. The molecule has 0 unspecified atom stereocenters. The van der Waals surface area contributed by atoms with E-state index in [0.29, 0.717) is 16.6 Å². The van der Waals surface area contributed by atoms with E-state index >= 15 is 0 Å². The van der Waals surface area contributed by atoms with E-state index < -0.39 is 9.84 Å². The zero-order chi connectivity index (χ0) is 22.7. The largest absolute Gasteiger partial charge is 0.489 e. The molecule has 0 atom stereocenters. The van der Waals surface area contributed by atoms with Gasteiger partial charge in [0.05, 0.1) is 17.3 Å². The van der Waals surface area contributed by atoms with Crippen molar-refractivity contribution in [3.8, 4) is 5.75 Å². The summed E-state index contributed by atoms with van der Waals surface area (Å²) in [6, 6.07) is 11.0. The van der Waals surface area contributed by atoms with Crippen LogP contribution in [0, 0.1) is 11.8 Å². The number of benzene rings is 1. The van der Waals surface area contributed by atoms with Crippen LogP contribution in [0.2, 0.25) is 0 Å². The van der Waals surface area contributed by atoms with Crippen LogP contribution in [-0.4, -0.2) is 63.4 Å². The second kappa shape index (κ2) is 10.0. The van der Waals surface area contributed by atoms with Crippen LogP contribution in [0.5, 0.6) is 5.75 Å². The summed E-state index contributed by atoms with van der Waals surface area (Å²) in [5.74, 6) is 3.35. The highest BCUT2D eigenvalue weighted by atomic mass is 32.2. The van der Waals surface area contributed by atoms with E-state index in [9.17, 15) is 8.42 Å². The number of nitrogens with zero attached hydrogens (tertiary/aromatic N) is 3. The molecule has 1 saturated heterocycles. The fraction of sp³-hybridized carbons (Fsp3) is 0.577. The number of ether oxygens (including phenoxy) is 1. The number of anilines is 1. The smallest absolute Gasteiger partial charge is 0.178 e. The maximum atomic E-state index is 12.7. The maximum absolute atomic E-state index is 12.7. The third-order valence-electron chi connectivity index (χ3n) is 7.63. The second-order valence-electron chi connectivity index (χ2n) is 9.82. The summed E-state index contributed by atoms with van der Waals surface area (Å²) in [7, 11) is -3.17. The Kier molecular flexibility index (Phi) is 6.88. The molecule has 0 amide bonds. The molecular weight excluding hydrogens is 434 g/mol. The first-order valence-electron chi connectivity index (χ1n) is 12.4. The van der Waals surface area contributed by atoms with Gasteiger partial charge < -0.3 is 9.64 Å². The van der Waals surface area contributed by atoms with E-state index in [2.05, 4.69) is 20.9 Å². The van der Waals surface area contributed by atoms with Crippen LogP contribution in [0.3, 0.4) is 0 Å². The van der Waals surface area contributed by atoms with E-state index in [4.69, 9.17) is 4.74 Å². The number of aromatic nitrogens is 1. The van der Waals surface area contributed by atoms with E-state index in [1.807, 2.05) is 12.3 Å². The van der Waals surface area contributed by atoms with E-state index in [1.165, 1.54) is 12.0 Å². The van der Waals surface area contributed by atoms with Gasteiger partial charge in [0.25, 0.3) is 0 Å². The van der Waals surface area contributed by atoms with Crippen molar-refractivity contribution in [2.45, 2.75) is 43.4 Å². The summed E-state index contributed by atoms with van der Waals surface area (Å²) >= 11 is 0. The molecule has 3 aliphatic rings. The van der Waals surface area contributed by atoms with E-state index in [0.717, 1.165) is 88.9 Å². The molecule has 7 heteroatoms. The van der Waals surface area contributed by atoms with Crippen molar-refractivity contribution in [2.24, 2.45) is 11.8 Å². The minimum Gasteiger partial charge on any atom is -0.489 e. The van der Waals surface area contributed by atoms with Gasteiger partial charge in [0.2, 0.25) is 0 Å². The third kappa shape index (κ3) is 5.35. The van der Waals surface area contributed by atoms with Crippen molar-refractivity contribution in [3.05, 3.63) is 48.2 Å². The number of pyridine rings is 1. The molecular formula is C26H35N3O3S. The van der Waals surface area contributed by atoms with Gasteiger partial charge in [0.15, 0.2) is 21.4 Å². The SMILES string of the molecule is O=S(=O)(CC1CCC(CCN2CCN(c3nccc4c3OCC4)CC2)CC1)c1ccccc1. The lowest BCUT2D eigenvalue weighted by Gasteiger charge is -2.37. The Bertz CT molecular complexity index is 1030. The first-order chi connectivity index (χ1) is 16.1. The van der Waals surface area contributed by atoms with Crippen molar-refractivity contribution in [3.63, 3.8) is 0 Å². The monoisotopic (exact) mass is 469 g/mol. The first kappa shape index (κ1) is 22.7. The molecule has 2 aliphatic heterocycles. The van der Waals surface area contributed by atoms with Crippen LogP contribution in [-0.2, 0) is 16.3 Å². The molecule has 1 aromatic heterocycles. The van der Waals surface area contributed by atoms with E-state index in [1.54, 1.807) is 24.3 Å². The lowest BCUT2D eigenvalue weighted by atomic mass is 9.81. The first-order valence-corrected chi connectivity index (χ1v) is 14.1. The number of piperazine rings is 1. The average Bonchev–Trinajstić information content (AvgIpc) is 3.34. The van der Waals surface area contributed by atoms with Gasteiger partial charge in [-0.15, -0.1) is 0 Å². The Morgan fingerprint density at radius 3 is 2.42 bits per heavy atom. The summed E-state index contributed by atoms with van der Waals surface area (Å²) in [6.07, 6.45) is 8.52. The van der Waals surface area contributed by atoms with Gasteiger partial charge in [-0.2, -0.15) is 0 Å². The highest BCUT2D eigenvalue weighted by molar-refractivity contribution is 7.91. The fourth-order valence-corrected chi connectivity index (χ4v) is 7.31. The second-order valence-corrected chi connectivity index (χ2v) is 11.9. The van der Waals surface area contributed by atoms with E-state index in [-0.39, 0.29) is 0 Å². The molecule has 1 saturated carbocycles. The summed E-state index contributed by atoms with van der Waals surface area (Å²) < 4.78 is 31.2. The van der Waals surface area contributed by atoms with Crippen LogP contribution < -0.4 is 9.64 Å². The maximum Gasteiger partial charge on any atom is 0.178 e. The summed E-state index contributed by atoms with van der Waals surface area (Å²) in [5, 5.41) is 0. The van der Waals surface area contributed by atoms with Crippen LogP contribution in [0.4, 0.5) is 5.82 Å². The summed E-state index contributed by atoms with van der Waals surface area (Å²) in [6.45, 7) is 6.04. The van der Waals surface area contributed by atoms with Gasteiger partial charge in [-0.1, -0.05) is 31.0 Å². The van der Waals surface area contributed by atoms with Crippen LogP contribution >= 0.6 is 0 Å². The Labute approximate surface area is 197 Å². The standard InChI is InChI=1S/C26H35N3O3S/c30-33(31,24-4-2-1-3-5-24)20-22-8-6-21(7-9-22)11-14-28-15-17-29(18-16-28)26-25-23(10-13-27-26)12-19-32-25/h1-5,10,13,21-22H,6-9,11-12,14-20H2. The predicted octanol–water partition coefficient (Wildman–Crippen LogP) is 3.81. The lowest BCUT2D eigenvalue weighted by Crippen LogP contribution is -2.47. The van der Waals surface area contributed by atoms with Crippen molar-refractivity contribution in [1.82, 2.24) is 9.88 Å². The molecule has 2 aromatic rings. The fourth-order valence-electron chi connectivity index (χ4n) is 5.59. The quantitative estimate of drug-likeness (QED) is 0.615. The topological polar surface area (TPSA) is 62.7 Å². The van der Waals surface area contributed by atoms with Gasteiger partial charge in [0.1, 0.15) is 0 Å². The number of hydrogen-bond donors (Lipinski definition) is 0. The van der Waals surface area contributed by atoms with Crippen LogP contribution in [0.25, 0.3) is 0 Å². The molecule has 0 radical (unpaired) electrons. The lowest BCUT2D eigenvalue weighted by molar-refractivity contribution is 0.208. The summed E-state index contributed by atoms with van der Waals surface area (Å²) in [4.78, 5) is 10.0. The van der Waals surface area contributed by atoms with Gasteiger partial charge >= 0.3 is 0 Å². The van der Waals surface area contributed by atoms with Crippen molar-refractivity contribution < 1.29 is 13.2 Å². The Balaban J connectivity index is 1.04. The summed E-state index contributed by atoms with van der Waals surface area (Å²) in [5.41, 5.74) is 1.29. The highest BCUT2D eigenvalue weighted by Gasteiger charge is 2.28. The third-order valence-corrected chi connectivity index (χ3v) is 9.53. The number of rotatable bonds is 7. The molecule has 1 aromatic carbocycles. The van der Waals surface area contributed by atoms with Crippen molar-refractivity contribution in [2.75, 3.05) is 50.0 Å². The Morgan fingerprint density at radius 2 is 1.67 bits per heavy atom. The molecule has 5 rings (SSSR count). The van der Waals surface area contributed by atoms with Gasteiger partial charge in [-0.3, -0.25) is 4.90 Å². The molecule has 3 heterocycles. The van der Waals surface area contributed by atoms with Crippen molar-refractivity contribution >= 4 is 15.7 Å². The van der Waals surface area contributed by atoms with Gasteiger partial charge in [0, 0.05) is 44.4 Å². The minimum atomic E-state index is -3.17. The normalized spacial score (nSPS) is 23.8. The molecule has 2 fully saturated rings. The van der Waals surface area contributed by atoms with Crippen molar-refractivity contribution in [1.29, 1.82) is 0 Å². The zero-order valence-electron chi connectivity index (χ0n) is 19.4. The molecule has 0 bridgehead atoms. The Hall–Kier alpha value is -2.12. The highest BCUT2D eigenvalue weighted by Crippen LogP contribution is 2.35. The zero-order valence-corrected chi connectivity index (χ0v) is 20.2. The number of sulfone groups is 1. The van der Waals surface area contributed by atoms with Crippen LogP contribution in [0.1, 0.15) is 37.7 Å². The minimum absolute atomic E-state index is 0.298. The molecule has 1 aliphatic carbocycles. The van der Waals surface area contributed by atoms with Gasteiger partial charge in [-0.05, 0) is 55.8 Å². The molecule has 6 nitrogen and oxygen atoms in total. The molecule has 0 spiro atoms. The Morgan fingerprint density at radius 1 is 0.939 bits per heavy atom. The molecule has 178 valence electrons. The molecule has 33 heavy (non-hydrogen) atoms. The van der Waals surface area contributed by atoms with Crippen LogP contribution in [0.15, 0.2) is 47.5 Å². The van der Waals surface area contributed by atoms with Gasteiger partial charge in [-0.25, -0.2) is 13.4 Å². The molecule has 0 N–H and O–H groups in total.